The first-order valence-corrected chi connectivity index (χ1v) is 10.8. The Morgan fingerprint density at radius 2 is 1.94 bits per heavy atom. The van der Waals surface area contributed by atoms with Gasteiger partial charge in [0.1, 0.15) is 11.8 Å². The molecule has 31 heavy (non-hydrogen) atoms. The van der Waals surface area contributed by atoms with Crippen molar-refractivity contribution < 1.29 is 19.4 Å². The van der Waals surface area contributed by atoms with Gasteiger partial charge in [0, 0.05) is 16.6 Å². The highest BCUT2D eigenvalue weighted by Gasteiger charge is 2.46. The predicted octanol–water partition coefficient (Wildman–Crippen LogP) is 5.08. The normalized spacial score (nSPS) is 17.9. The van der Waals surface area contributed by atoms with Crippen LogP contribution in [0.4, 0.5) is 0 Å². The average molecular weight is 475 g/mol. The number of thiophene rings is 1. The zero-order valence-electron chi connectivity index (χ0n) is 16.2. The summed E-state index contributed by atoms with van der Waals surface area (Å²) in [6.45, 7) is 0.213. The first-order valence-electron chi connectivity index (χ1n) is 9.17. The van der Waals surface area contributed by atoms with E-state index in [2.05, 4.69) is 4.98 Å². The fraction of sp³-hybridized carbons (Fsp3) is 0.136. The fourth-order valence-electron chi connectivity index (χ4n) is 3.51. The van der Waals surface area contributed by atoms with E-state index >= 15 is 0 Å². The molecule has 1 fully saturated rings. The molecule has 2 aromatic heterocycles. The van der Waals surface area contributed by atoms with Gasteiger partial charge >= 0.3 is 0 Å². The van der Waals surface area contributed by atoms with E-state index in [4.69, 9.17) is 27.9 Å². The SMILES string of the molecule is COc1c(Cl)cc(/C(O)=C2\C(=O)C(=O)N(Cc3cccs3)C2c2ccccn2)cc1Cl. The number of aromatic nitrogens is 1. The molecular weight excluding hydrogens is 459 g/mol. The quantitative estimate of drug-likeness (QED) is 0.316. The van der Waals surface area contributed by atoms with E-state index in [1.165, 1.54) is 35.5 Å². The number of methoxy groups -OCH3 is 1. The van der Waals surface area contributed by atoms with Crippen molar-refractivity contribution >= 4 is 52.0 Å². The summed E-state index contributed by atoms with van der Waals surface area (Å²) in [5.41, 5.74) is 0.592. The van der Waals surface area contributed by atoms with E-state index in [9.17, 15) is 14.7 Å². The topological polar surface area (TPSA) is 79.7 Å². The smallest absolute Gasteiger partial charge is 0.296 e. The minimum atomic E-state index is -0.858. The molecule has 1 unspecified atom stereocenters. The third kappa shape index (κ3) is 3.92. The van der Waals surface area contributed by atoms with Gasteiger partial charge < -0.3 is 14.7 Å². The van der Waals surface area contributed by atoms with Gasteiger partial charge in [-0.25, -0.2) is 0 Å². The number of pyridine rings is 1. The number of halogens is 2. The molecule has 0 spiro atoms. The van der Waals surface area contributed by atoms with Gasteiger partial charge in [-0.05, 0) is 35.7 Å². The number of aliphatic hydroxyl groups is 1. The van der Waals surface area contributed by atoms with Gasteiger partial charge in [-0.15, -0.1) is 11.3 Å². The second-order valence-electron chi connectivity index (χ2n) is 6.73. The van der Waals surface area contributed by atoms with Crippen molar-refractivity contribution in [2.75, 3.05) is 7.11 Å². The van der Waals surface area contributed by atoms with E-state index in [0.29, 0.717) is 5.69 Å². The third-order valence-electron chi connectivity index (χ3n) is 4.89. The Morgan fingerprint density at radius 3 is 2.52 bits per heavy atom. The lowest BCUT2D eigenvalue weighted by atomic mass is 9.98. The van der Waals surface area contributed by atoms with Crippen LogP contribution in [0.1, 0.15) is 22.2 Å². The number of hydrogen-bond donors (Lipinski definition) is 1. The second-order valence-corrected chi connectivity index (χ2v) is 8.58. The maximum absolute atomic E-state index is 13.0. The van der Waals surface area contributed by atoms with Gasteiger partial charge in [-0.1, -0.05) is 35.3 Å². The number of hydrogen-bond acceptors (Lipinski definition) is 6. The Bertz CT molecular complexity index is 1160. The number of benzene rings is 1. The van der Waals surface area contributed by atoms with Gasteiger partial charge in [0.25, 0.3) is 11.7 Å². The molecule has 0 radical (unpaired) electrons. The number of ketones is 1. The Kier molecular flexibility index (Phi) is 6.00. The first-order chi connectivity index (χ1) is 14.9. The highest BCUT2D eigenvalue weighted by molar-refractivity contribution is 7.09. The Labute approximate surface area is 192 Å². The molecule has 158 valence electrons. The van der Waals surface area contributed by atoms with Gasteiger partial charge in [0.15, 0.2) is 5.75 Å². The minimum Gasteiger partial charge on any atom is -0.507 e. The molecule has 1 aliphatic heterocycles. The van der Waals surface area contributed by atoms with Crippen LogP contribution in [0.3, 0.4) is 0 Å². The van der Waals surface area contributed by atoms with Crippen molar-refractivity contribution in [2.45, 2.75) is 12.6 Å². The summed E-state index contributed by atoms with van der Waals surface area (Å²) in [6.07, 6.45) is 1.57. The van der Waals surface area contributed by atoms with Gasteiger partial charge in [0.05, 0.1) is 35.0 Å². The van der Waals surface area contributed by atoms with Crippen molar-refractivity contribution in [1.29, 1.82) is 0 Å². The summed E-state index contributed by atoms with van der Waals surface area (Å²) in [4.78, 5) is 32.6. The number of carbonyl (C=O) groups excluding carboxylic acids is 2. The summed E-state index contributed by atoms with van der Waals surface area (Å²) in [6, 6.07) is 11.0. The number of rotatable bonds is 5. The van der Waals surface area contributed by atoms with Crippen LogP contribution < -0.4 is 4.74 Å². The van der Waals surface area contributed by atoms with Crippen molar-refractivity contribution in [3.8, 4) is 5.75 Å². The molecule has 0 bridgehead atoms. The summed E-state index contributed by atoms with van der Waals surface area (Å²) in [7, 11) is 1.42. The highest BCUT2D eigenvalue weighted by Crippen LogP contribution is 2.42. The lowest BCUT2D eigenvalue weighted by Crippen LogP contribution is -2.29. The summed E-state index contributed by atoms with van der Waals surface area (Å²) >= 11 is 13.9. The second kappa shape index (κ2) is 8.70. The average Bonchev–Trinajstić information content (AvgIpc) is 3.36. The van der Waals surface area contributed by atoms with E-state index in [1.807, 2.05) is 17.5 Å². The minimum absolute atomic E-state index is 0.0717. The predicted molar refractivity (Wildman–Crippen MR) is 119 cm³/mol. The first kappa shape index (κ1) is 21.4. The number of aliphatic hydroxyl groups excluding tert-OH is 1. The van der Waals surface area contributed by atoms with Crippen molar-refractivity contribution in [3.05, 3.63) is 85.8 Å². The molecule has 3 aromatic rings. The van der Waals surface area contributed by atoms with Crippen LogP contribution in [-0.2, 0) is 16.1 Å². The maximum Gasteiger partial charge on any atom is 0.296 e. The number of carbonyl (C=O) groups is 2. The summed E-state index contributed by atoms with van der Waals surface area (Å²) in [5.74, 6) is -1.64. The van der Waals surface area contributed by atoms with Crippen LogP contribution >= 0.6 is 34.5 Å². The Hall–Kier alpha value is -2.87. The molecule has 0 saturated carbocycles. The molecule has 1 aromatic carbocycles. The molecule has 3 heterocycles. The van der Waals surface area contributed by atoms with Crippen LogP contribution in [-0.4, -0.2) is 33.8 Å². The van der Waals surface area contributed by atoms with E-state index in [0.717, 1.165) is 4.88 Å². The third-order valence-corrected chi connectivity index (χ3v) is 6.31. The maximum atomic E-state index is 13.0. The van der Waals surface area contributed by atoms with Crippen LogP contribution in [0.2, 0.25) is 10.0 Å². The van der Waals surface area contributed by atoms with Gasteiger partial charge in [-0.2, -0.15) is 0 Å². The van der Waals surface area contributed by atoms with E-state index in [1.54, 1.807) is 24.4 Å². The van der Waals surface area contributed by atoms with Crippen LogP contribution in [0, 0.1) is 0 Å². The number of amides is 1. The molecule has 1 aliphatic rings. The van der Waals surface area contributed by atoms with E-state index < -0.39 is 17.7 Å². The molecule has 1 amide bonds. The molecule has 1 saturated heterocycles. The lowest BCUT2D eigenvalue weighted by Gasteiger charge is -2.24. The number of Topliss-reactive ketones (excluding diaryl/α,β-unsaturated/α-hetero) is 1. The van der Waals surface area contributed by atoms with Crippen molar-refractivity contribution in [2.24, 2.45) is 0 Å². The molecule has 4 rings (SSSR count). The summed E-state index contributed by atoms with van der Waals surface area (Å²) in [5, 5.41) is 13.3. The Morgan fingerprint density at radius 1 is 1.19 bits per heavy atom. The zero-order valence-corrected chi connectivity index (χ0v) is 18.5. The van der Waals surface area contributed by atoms with Crippen LogP contribution in [0.15, 0.2) is 59.6 Å². The number of likely N-dealkylation sites (tertiary alicyclic amines) is 1. The summed E-state index contributed by atoms with van der Waals surface area (Å²) < 4.78 is 5.14. The zero-order chi connectivity index (χ0) is 22.1. The van der Waals surface area contributed by atoms with Gasteiger partial charge in [0.2, 0.25) is 0 Å². The van der Waals surface area contributed by atoms with Crippen LogP contribution in [0.25, 0.3) is 5.76 Å². The molecule has 6 nitrogen and oxygen atoms in total. The highest BCUT2D eigenvalue weighted by atomic mass is 35.5. The van der Waals surface area contributed by atoms with Crippen molar-refractivity contribution in [3.63, 3.8) is 0 Å². The molecule has 1 atom stereocenters. The standard InChI is InChI=1S/C22H16Cl2N2O4S/c1-30-21-14(23)9-12(10-15(21)24)19(27)17-18(16-6-2-3-7-25-16)26(22(29)20(17)28)11-13-5-4-8-31-13/h2-10,18,27H,11H2,1H3/b19-17+. The van der Waals surface area contributed by atoms with Crippen LogP contribution in [0.5, 0.6) is 5.75 Å². The Balaban J connectivity index is 1.88. The fourth-order valence-corrected chi connectivity index (χ4v) is 4.85. The van der Waals surface area contributed by atoms with Crippen molar-refractivity contribution in [1.82, 2.24) is 9.88 Å². The molecular formula is C22H16Cl2N2O4S. The number of ether oxygens (including phenoxy) is 1. The molecule has 9 heteroatoms. The largest absolute Gasteiger partial charge is 0.507 e. The van der Waals surface area contributed by atoms with Gasteiger partial charge in [-0.3, -0.25) is 14.6 Å². The monoisotopic (exact) mass is 474 g/mol. The van der Waals surface area contributed by atoms with E-state index in [-0.39, 0.29) is 39.2 Å². The molecule has 0 aliphatic carbocycles. The number of nitrogens with zero attached hydrogens (tertiary/aromatic N) is 2. The lowest BCUT2D eigenvalue weighted by molar-refractivity contribution is -0.140. The molecule has 1 N–H and O–H groups in total.